The molecule has 1 aromatic carbocycles. The van der Waals surface area contributed by atoms with Crippen LogP contribution in [-0.2, 0) is 4.79 Å². The molecule has 1 aliphatic heterocycles. The quantitative estimate of drug-likeness (QED) is 0.927. The molecule has 21 heavy (non-hydrogen) atoms. The molecule has 1 saturated carbocycles. The van der Waals surface area contributed by atoms with Crippen molar-refractivity contribution in [3.63, 3.8) is 0 Å². The minimum atomic E-state index is -0.504. The Bertz CT molecular complexity index is 467. The average molecular weight is 286 g/mol. The molecule has 0 radical (unpaired) electrons. The van der Waals surface area contributed by atoms with Crippen LogP contribution in [0.15, 0.2) is 30.3 Å². The highest BCUT2D eigenvalue weighted by Gasteiger charge is 2.37. The van der Waals surface area contributed by atoms with Crippen LogP contribution in [0.1, 0.15) is 56.6 Å². The normalized spacial score (nSPS) is 25.0. The lowest BCUT2D eigenvalue weighted by Crippen LogP contribution is -2.45. The maximum Gasteiger partial charge on any atom is 0.244 e. The van der Waals surface area contributed by atoms with Gasteiger partial charge < -0.3 is 10.6 Å². The number of hydrogen-bond acceptors (Lipinski definition) is 2. The van der Waals surface area contributed by atoms with Crippen molar-refractivity contribution in [2.24, 2.45) is 11.7 Å². The van der Waals surface area contributed by atoms with Crippen molar-refractivity contribution < 1.29 is 4.79 Å². The number of benzene rings is 1. The number of carbonyl (C=O) groups excluding carboxylic acids is 1. The van der Waals surface area contributed by atoms with Crippen LogP contribution in [0, 0.1) is 5.92 Å². The maximum absolute atomic E-state index is 12.8. The van der Waals surface area contributed by atoms with Gasteiger partial charge >= 0.3 is 0 Å². The predicted molar refractivity (Wildman–Crippen MR) is 84.7 cm³/mol. The van der Waals surface area contributed by atoms with Crippen LogP contribution < -0.4 is 5.73 Å². The van der Waals surface area contributed by atoms with Crippen LogP contribution in [0.2, 0.25) is 0 Å². The van der Waals surface area contributed by atoms with Gasteiger partial charge in [0, 0.05) is 12.6 Å². The van der Waals surface area contributed by atoms with Gasteiger partial charge in [-0.1, -0.05) is 49.6 Å². The number of amides is 1. The molecule has 2 fully saturated rings. The standard InChI is InChI=1S/C18H26N2O/c19-17(15-10-5-2-6-11-15)18(21)20-13-7-12-16(20)14-8-3-1-4-9-14/h2,5-6,10-11,14,16-17H,1,3-4,7-9,12-13,19H2/t16?,17-/m0/s1. The molecule has 3 rings (SSSR count). The van der Waals surface area contributed by atoms with Gasteiger partial charge in [0.25, 0.3) is 0 Å². The molecule has 1 unspecified atom stereocenters. The topological polar surface area (TPSA) is 46.3 Å². The Balaban J connectivity index is 1.70. The zero-order valence-corrected chi connectivity index (χ0v) is 12.7. The van der Waals surface area contributed by atoms with Gasteiger partial charge in [0.2, 0.25) is 5.91 Å². The van der Waals surface area contributed by atoms with E-state index >= 15 is 0 Å². The molecular weight excluding hydrogens is 260 g/mol. The second kappa shape index (κ2) is 6.61. The van der Waals surface area contributed by atoms with E-state index in [0.29, 0.717) is 12.0 Å². The fourth-order valence-corrected chi connectivity index (χ4v) is 4.06. The zero-order chi connectivity index (χ0) is 14.7. The Morgan fingerprint density at radius 1 is 1.05 bits per heavy atom. The summed E-state index contributed by atoms with van der Waals surface area (Å²) in [6.07, 6.45) is 8.89. The van der Waals surface area contributed by atoms with Gasteiger partial charge in [-0.15, -0.1) is 0 Å². The van der Waals surface area contributed by atoms with Gasteiger partial charge in [-0.25, -0.2) is 0 Å². The van der Waals surface area contributed by atoms with Crippen LogP contribution in [0.5, 0.6) is 0 Å². The summed E-state index contributed by atoms with van der Waals surface area (Å²) in [5.74, 6) is 0.822. The van der Waals surface area contributed by atoms with Crippen molar-refractivity contribution >= 4 is 5.91 Å². The lowest BCUT2D eigenvalue weighted by atomic mass is 9.83. The molecule has 0 bridgehead atoms. The van der Waals surface area contributed by atoms with Gasteiger partial charge in [-0.3, -0.25) is 4.79 Å². The lowest BCUT2D eigenvalue weighted by molar-refractivity contribution is -0.134. The van der Waals surface area contributed by atoms with Crippen molar-refractivity contribution in [1.82, 2.24) is 4.90 Å². The first-order valence-corrected chi connectivity index (χ1v) is 8.38. The third kappa shape index (κ3) is 3.13. The van der Waals surface area contributed by atoms with Crippen LogP contribution in [0.4, 0.5) is 0 Å². The molecule has 1 amide bonds. The zero-order valence-electron chi connectivity index (χ0n) is 12.7. The molecule has 3 heteroatoms. The molecule has 1 heterocycles. The molecule has 1 aliphatic carbocycles. The second-order valence-electron chi connectivity index (χ2n) is 6.53. The van der Waals surface area contributed by atoms with Crippen LogP contribution in [0.3, 0.4) is 0 Å². The summed E-state index contributed by atoms with van der Waals surface area (Å²) < 4.78 is 0. The molecule has 2 N–H and O–H groups in total. The van der Waals surface area contributed by atoms with Crippen molar-refractivity contribution in [3.8, 4) is 0 Å². The predicted octanol–water partition coefficient (Wildman–Crippen LogP) is 3.26. The summed E-state index contributed by atoms with van der Waals surface area (Å²) in [4.78, 5) is 14.9. The number of hydrogen-bond donors (Lipinski definition) is 1. The first kappa shape index (κ1) is 14.6. The smallest absolute Gasteiger partial charge is 0.244 e. The average Bonchev–Trinajstić information content (AvgIpc) is 3.04. The van der Waals surface area contributed by atoms with Gasteiger partial charge in [0.05, 0.1) is 0 Å². The molecule has 2 aliphatic rings. The molecule has 1 aromatic rings. The lowest BCUT2D eigenvalue weighted by Gasteiger charge is -2.35. The monoisotopic (exact) mass is 286 g/mol. The van der Waals surface area contributed by atoms with E-state index in [-0.39, 0.29) is 5.91 Å². The Morgan fingerprint density at radius 3 is 2.48 bits per heavy atom. The van der Waals surface area contributed by atoms with Crippen LogP contribution >= 0.6 is 0 Å². The summed E-state index contributed by atoms with van der Waals surface area (Å²) in [6.45, 7) is 0.889. The van der Waals surface area contributed by atoms with Crippen molar-refractivity contribution in [2.45, 2.75) is 57.0 Å². The number of carbonyl (C=O) groups is 1. The first-order valence-electron chi connectivity index (χ1n) is 8.38. The van der Waals surface area contributed by atoms with Crippen LogP contribution in [0.25, 0.3) is 0 Å². The minimum absolute atomic E-state index is 0.120. The third-order valence-electron chi connectivity index (χ3n) is 5.20. The third-order valence-corrected chi connectivity index (χ3v) is 5.20. The van der Waals surface area contributed by atoms with Crippen molar-refractivity contribution in [1.29, 1.82) is 0 Å². The second-order valence-corrected chi connectivity index (χ2v) is 6.53. The van der Waals surface area contributed by atoms with Gasteiger partial charge in [0.15, 0.2) is 0 Å². The van der Waals surface area contributed by atoms with Crippen LogP contribution in [-0.4, -0.2) is 23.4 Å². The largest absolute Gasteiger partial charge is 0.338 e. The molecule has 114 valence electrons. The summed E-state index contributed by atoms with van der Waals surface area (Å²) in [5, 5.41) is 0. The molecule has 2 atom stereocenters. The Kier molecular flexibility index (Phi) is 4.59. The van der Waals surface area contributed by atoms with E-state index in [4.69, 9.17) is 5.73 Å². The maximum atomic E-state index is 12.8. The van der Waals surface area contributed by atoms with E-state index in [1.165, 1.54) is 32.1 Å². The van der Waals surface area contributed by atoms with E-state index in [2.05, 4.69) is 4.90 Å². The molecular formula is C18H26N2O. The van der Waals surface area contributed by atoms with Crippen molar-refractivity contribution in [3.05, 3.63) is 35.9 Å². The number of rotatable bonds is 3. The summed E-state index contributed by atoms with van der Waals surface area (Å²) in [5.41, 5.74) is 7.15. The van der Waals surface area contributed by atoms with Gasteiger partial charge in [0.1, 0.15) is 6.04 Å². The summed E-state index contributed by atoms with van der Waals surface area (Å²) in [7, 11) is 0. The van der Waals surface area contributed by atoms with Crippen molar-refractivity contribution in [2.75, 3.05) is 6.54 Å². The van der Waals surface area contributed by atoms with E-state index < -0.39 is 6.04 Å². The fourth-order valence-electron chi connectivity index (χ4n) is 4.06. The van der Waals surface area contributed by atoms with E-state index in [1.54, 1.807) is 0 Å². The fraction of sp³-hybridized carbons (Fsp3) is 0.611. The highest BCUT2D eigenvalue weighted by molar-refractivity contribution is 5.83. The Morgan fingerprint density at radius 2 is 1.76 bits per heavy atom. The van der Waals surface area contributed by atoms with E-state index in [1.807, 2.05) is 30.3 Å². The Hall–Kier alpha value is -1.35. The van der Waals surface area contributed by atoms with E-state index in [9.17, 15) is 4.79 Å². The molecule has 1 saturated heterocycles. The number of nitrogens with zero attached hydrogens (tertiary/aromatic N) is 1. The number of likely N-dealkylation sites (tertiary alicyclic amines) is 1. The SMILES string of the molecule is N[C@H](C(=O)N1CCCC1C1CCCCC1)c1ccccc1. The van der Waals surface area contributed by atoms with Gasteiger partial charge in [-0.05, 0) is 37.2 Å². The summed E-state index contributed by atoms with van der Waals surface area (Å²) in [6, 6.07) is 9.70. The Labute approximate surface area is 127 Å². The van der Waals surface area contributed by atoms with Gasteiger partial charge in [-0.2, -0.15) is 0 Å². The molecule has 0 spiro atoms. The first-order chi connectivity index (χ1) is 10.3. The molecule has 0 aromatic heterocycles. The number of nitrogens with two attached hydrogens (primary N) is 1. The minimum Gasteiger partial charge on any atom is -0.338 e. The molecule has 3 nitrogen and oxygen atoms in total. The highest BCUT2D eigenvalue weighted by Crippen LogP contribution is 2.35. The van der Waals surface area contributed by atoms with E-state index in [0.717, 1.165) is 24.9 Å². The summed E-state index contributed by atoms with van der Waals surface area (Å²) >= 11 is 0. The highest BCUT2D eigenvalue weighted by atomic mass is 16.2.